The number of nitrogens with zero attached hydrogens (tertiary/aromatic N) is 1. The standard InChI is InChI=1S/C16H19N3O4/c1-11-10-14(19-23-11)18-16(21)12(2)17-15(20)8-9-22-13-6-4-3-5-7-13/h3-7,10,12H,8-9H2,1-2H3,(H,17,20)(H,18,19,21)/t12-/m0/s1. The molecule has 0 saturated carbocycles. The van der Waals surface area contributed by atoms with Crippen molar-refractivity contribution in [3.05, 3.63) is 42.2 Å². The molecule has 0 unspecified atom stereocenters. The first kappa shape index (κ1) is 16.5. The minimum Gasteiger partial charge on any atom is -0.493 e. The van der Waals surface area contributed by atoms with E-state index in [1.54, 1.807) is 19.9 Å². The van der Waals surface area contributed by atoms with Crippen molar-refractivity contribution in [2.45, 2.75) is 26.3 Å². The Balaban J connectivity index is 1.70. The molecule has 2 amide bonds. The van der Waals surface area contributed by atoms with Gasteiger partial charge in [0.15, 0.2) is 5.82 Å². The van der Waals surface area contributed by atoms with Crippen molar-refractivity contribution in [1.29, 1.82) is 0 Å². The van der Waals surface area contributed by atoms with Crippen LogP contribution in [-0.2, 0) is 9.59 Å². The molecular formula is C16H19N3O4. The van der Waals surface area contributed by atoms with Crippen LogP contribution in [0.25, 0.3) is 0 Å². The molecule has 1 heterocycles. The molecule has 7 heteroatoms. The van der Waals surface area contributed by atoms with E-state index < -0.39 is 6.04 Å². The van der Waals surface area contributed by atoms with Crippen LogP contribution in [0, 0.1) is 6.92 Å². The van der Waals surface area contributed by atoms with Gasteiger partial charge in [0, 0.05) is 6.07 Å². The molecule has 2 rings (SSSR count). The lowest BCUT2D eigenvalue weighted by molar-refractivity contribution is -0.126. The highest BCUT2D eigenvalue weighted by Gasteiger charge is 2.16. The molecule has 0 fully saturated rings. The van der Waals surface area contributed by atoms with Gasteiger partial charge in [0.05, 0.1) is 13.0 Å². The maximum Gasteiger partial charge on any atom is 0.247 e. The van der Waals surface area contributed by atoms with Crippen LogP contribution in [0.2, 0.25) is 0 Å². The smallest absolute Gasteiger partial charge is 0.247 e. The maximum absolute atomic E-state index is 11.9. The third-order valence-electron chi connectivity index (χ3n) is 2.99. The van der Waals surface area contributed by atoms with Crippen LogP contribution < -0.4 is 15.4 Å². The lowest BCUT2D eigenvalue weighted by atomic mass is 10.3. The first-order valence-electron chi connectivity index (χ1n) is 7.26. The van der Waals surface area contributed by atoms with Gasteiger partial charge in [0.25, 0.3) is 0 Å². The highest BCUT2D eigenvalue weighted by Crippen LogP contribution is 2.09. The summed E-state index contributed by atoms with van der Waals surface area (Å²) in [7, 11) is 0. The number of para-hydroxylation sites is 1. The monoisotopic (exact) mass is 317 g/mol. The van der Waals surface area contributed by atoms with E-state index in [9.17, 15) is 9.59 Å². The molecule has 0 aliphatic heterocycles. The fraction of sp³-hybridized carbons (Fsp3) is 0.312. The third kappa shape index (κ3) is 5.46. The minimum atomic E-state index is -0.684. The van der Waals surface area contributed by atoms with Crippen molar-refractivity contribution < 1.29 is 18.8 Å². The van der Waals surface area contributed by atoms with E-state index in [4.69, 9.17) is 9.26 Å². The first-order valence-corrected chi connectivity index (χ1v) is 7.26. The number of carbonyl (C=O) groups excluding carboxylic acids is 2. The molecule has 0 radical (unpaired) electrons. The van der Waals surface area contributed by atoms with Gasteiger partial charge in [-0.2, -0.15) is 0 Å². The van der Waals surface area contributed by atoms with Crippen LogP contribution in [0.1, 0.15) is 19.1 Å². The summed E-state index contributed by atoms with van der Waals surface area (Å²) < 4.78 is 10.3. The average molecular weight is 317 g/mol. The Morgan fingerprint density at radius 2 is 2.04 bits per heavy atom. The Bertz CT molecular complexity index is 654. The minimum absolute atomic E-state index is 0.162. The van der Waals surface area contributed by atoms with E-state index >= 15 is 0 Å². The van der Waals surface area contributed by atoms with Crippen LogP contribution in [-0.4, -0.2) is 29.6 Å². The molecule has 23 heavy (non-hydrogen) atoms. The molecule has 1 atom stereocenters. The zero-order chi connectivity index (χ0) is 16.7. The van der Waals surface area contributed by atoms with Crippen molar-refractivity contribution in [2.75, 3.05) is 11.9 Å². The fourth-order valence-corrected chi connectivity index (χ4v) is 1.82. The summed E-state index contributed by atoms with van der Waals surface area (Å²) in [6, 6.07) is 10.1. The molecule has 122 valence electrons. The summed E-state index contributed by atoms with van der Waals surface area (Å²) in [5.41, 5.74) is 0. The quantitative estimate of drug-likeness (QED) is 0.813. The van der Waals surface area contributed by atoms with Gasteiger partial charge in [-0.05, 0) is 26.0 Å². The number of carbonyl (C=O) groups is 2. The molecule has 7 nitrogen and oxygen atoms in total. The predicted molar refractivity (Wildman–Crippen MR) is 84.0 cm³/mol. The summed E-state index contributed by atoms with van der Waals surface area (Å²) >= 11 is 0. The predicted octanol–water partition coefficient (Wildman–Crippen LogP) is 1.90. The van der Waals surface area contributed by atoms with Crippen molar-refractivity contribution >= 4 is 17.6 Å². The molecule has 2 aromatic rings. The third-order valence-corrected chi connectivity index (χ3v) is 2.99. The number of ether oxygens (including phenoxy) is 1. The number of hydrogen-bond acceptors (Lipinski definition) is 5. The van der Waals surface area contributed by atoms with Crippen LogP contribution in [0.3, 0.4) is 0 Å². The second-order valence-corrected chi connectivity index (χ2v) is 5.01. The average Bonchev–Trinajstić information content (AvgIpc) is 2.93. The summed E-state index contributed by atoms with van der Waals surface area (Å²) in [5.74, 6) is 0.985. The van der Waals surface area contributed by atoms with Crippen LogP contribution in [0.4, 0.5) is 5.82 Å². The molecule has 0 spiro atoms. The molecule has 0 saturated heterocycles. The highest BCUT2D eigenvalue weighted by atomic mass is 16.5. The molecule has 0 bridgehead atoms. The van der Waals surface area contributed by atoms with Gasteiger partial charge < -0.3 is 19.9 Å². The van der Waals surface area contributed by atoms with Gasteiger partial charge in [-0.1, -0.05) is 23.4 Å². The lowest BCUT2D eigenvalue weighted by Gasteiger charge is -2.13. The van der Waals surface area contributed by atoms with Crippen molar-refractivity contribution in [2.24, 2.45) is 0 Å². The number of aromatic nitrogens is 1. The Kier molecular flexibility index (Phi) is 5.74. The van der Waals surface area contributed by atoms with Gasteiger partial charge in [0.1, 0.15) is 17.6 Å². The van der Waals surface area contributed by atoms with Gasteiger partial charge in [-0.25, -0.2) is 0 Å². The number of amides is 2. The zero-order valence-corrected chi connectivity index (χ0v) is 13.0. The molecular weight excluding hydrogens is 298 g/mol. The lowest BCUT2D eigenvalue weighted by Crippen LogP contribution is -2.42. The van der Waals surface area contributed by atoms with E-state index in [2.05, 4.69) is 15.8 Å². The normalized spacial score (nSPS) is 11.6. The summed E-state index contributed by atoms with van der Waals surface area (Å²) in [5, 5.41) is 8.82. The number of benzene rings is 1. The van der Waals surface area contributed by atoms with Crippen molar-refractivity contribution in [1.82, 2.24) is 10.5 Å². The Labute approximate surface area is 134 Å². The molecule has 2 N–H and O–H groups in total. The van der Waals surface area contributed by atoms with Crippen LogP contribution in [0.15, 0.2) is 40.9 Å². The highest BCUT2D eigenvalue weighted by molar-refractivity contribution is 5.96. The number of nitrogens with one attached hydrogen (secondary N) is 2. The van der Waals surface area contributed by atoms with Crippen LogP contribution >= 0.6 is 0 Å². The van der Waals surface area contributed by atoms with Gasteiger partial charge in [-0.3, -0.25) is 9.59 Å². The largest absolute Gasteiger partial charge is 0.493 e. The fourth-order valence-electron chi connectivity index (χ4n) is 1.82. The summed E-state index contributed by atoms with van der Waals surface area (Å²) in [4.78, 5) is 23.7. The molecule has 0 aliphatic rings. The Hall–Kier alpha value is -2.83. The second-order valence-electron chi connectivity index (χ2n) is 5.01. The number of aryl methyl sites for hydroxylation is 1. The first-order chi connectivity index (χ1) is 11.0. The summed E-state index contributed by atoms with van der Waals surface area (Å²) in [6.07, 6.45) is 0.162. The van der Waals surface area contributed by atoms with Gasteiger partial charge in [0.2, 0.25) is 11.8 Å². The zero-order valence-electron chi connectivity index (χ0n) is 13.0. The van der Waals surface area contributed by atoms with E-state index in [1.807, 2.05) is 30.3 Å². The van der Waals surface area contributed by atoms with E-state index in [-0.39, 0.29) is 24.8 Å². The van der Waals surface area contributed by atoms with Gasteiger partial charge in [-0.15, -0.1) is 0 Å². The van der Waals surface area contributed by atoms with Crippen LogP contribution in [0.5, 0.6) is 5.75 Å². The Morgan fingerprint density at radius 1 is 1.30 bits per heavy atom. The number of anilines is 1. The van der Waals surface area contributed by atoms with E-state index in [0.29, 0.717) is 17.3 Å². The topological polar surface area (TPSA) is 93.5 Å². The van der Waals surface area contributed by atoms with Gasteiger partial charge >= 0.3 is 0 Å². The number of rotatable bonds is 7. The summed E-state index contributed by atoms with van der Waals surface area (Å²) in [6.45, 7) is 3.56. The Morgan fingerprint density at radius 3 is 2.70 bits per heavy atom. The SMILES string of the molecule is Cc1cc(NC(=O)[C@H](C)NC(=O)CCOc2ccccc2)no1. The van der Waals surface area contributed by atoms with E-state index in [1.165, 1.54) is 0 Å². The maximum atomic E-state index is 11.9. The van der Waals surface area contributed by atoms with Crippen molar-refractivity contribution in [3.63, 3.8) is 0 Å². The van der Waals surface area contributed by atoms with Crippen molar-refractivity contribution in [3.8, 4) is 5.75 Å². The molecule has 1 aromatic heterocycles. The van der Waals surface area contributed by atoms with E-state index in [0.717, 1.165) is 0 Å². The molecule has 0 aliphatic carbocycles. The number of hydrogen-bond donors (Lipinski definition) is 2. The second kappa shape index (κ2) is 7.98. The molecule has 1 aromatic carbocycles.